The van der Waals surface area contributed by atoms with Gasteiger partial charge in [-0.2, -0.15) is 5.10 Å². The highest BCUT2D eigenvalue weighted by Crippen LogP contribution is 2.19. The molecule has 0 aliphatic heterocycles. The second-order valence-electron chi connectivity index (χ2n) is 7.25. The van der Waals surface area contributed by atoms with Crippen molar-refractivity contribution in [2.75, 3.05) is 5.32 Å². The van der Waals surface area contributed by atoms with E-state index in [-0.39, 0.29) is 18.2 Å². The van der Waals surface area contributed by atoms with Crippen LogP contribution in [-0.4, -0.2) is 20.6 Å². The van der Waals surface area contributed by atoms with Crippen LogP contribution in [-0.2, 0) is 13.2 Å². The molecule has 166 valence electrons. The van der Waals surface area contributed by atoms with Gasteiger partial charge in [0, 0.05) is 28.9 Å². The minimum atomic E-state index is -0.465. The van der Waals surface area contributed by atoms with Crippen molar-refractivity contribution in [3.63, 3.8) is 0 Å². The van der Waals surface area contributed by atoms with Crippen molar-refractivity contribution in [3.8, 4) is 5.75 Å². The Morgan fingerprint density at radius 3 is 2.58 bits per heavy atom. The highest BCUT2D eigenvalue weighted by atomic mass is 35.5. The van der Waals surface area contributed by atoms with E-state index in [9.17, 15) is 14.9 Å². The van der Waals surface area contributed by atoms with E-state index in [2.05, 4.69) is 10.4 Å². The molecule has 1 amide bonds. The molecule has 8 nitrogen and oxygen atoms in total. The molecule has 33 heavy (non-hydrogen) atoms. The molecule has 3 aromatic carbocycles. The number of anilines is 1. The number of benzene rings is 3. The van der Waals surface area contributed by atoms with E-state index < -0.39 is 4.92 Å². The van der Waals surface area contributed by atoms with Gasteiger partial charge in [-0.15, -0.1) is 0 Å². The Labute approximate surface area is 194 Å². The lowest BCUT2D eigenvalue weighted by Crippen LogP contribution is -2.12. The molecule has 0 atom stereocenters. The molecule has 0 aliphatic rings. The standard InChI is InChI=1S/C24H19ClN4O4/c25-20-6-2-3-17(12-20)14-28-15-21(13-26-28)27-24(30)19-5-1-4-18(11-19)16-33-23-9-7-22(8-10-23)29(31)32/h1-13,15H,14,16H2,(H,27,30). The highest BCUT2D eigenvalue weighted by Gasteiger charge is 2.10. The second-order valence-corrected chi connectivity index (χ2v) is 7.69. The van der Waals surface area contributed by atoms with Gasteiger partial charge >= 0.3 is 0 Å². The molecule has 4 rings (SSSR count). The minimum Gasteiger partial charge on any atom is -0.489 e. The first kappa shape index (κ1) is 22.0. The molecule has 0 saturated carbocycles. The average Bonchev–Trinajstić information content (AvgIpc) is 3.24. The summed E-state index contributed by atoms with van der Waals surface area (Å²) in [4.78, 5) is 23.0. The normalized spacial score (nSPS) is 10.6. The number of hydrogen-bond acceptors (Lipinski definition) is 5. The van der Waals surface area contributed by atoms with Gasteiger partial charge in [0.1, 0.15) is 12.4 Å². The van der Waals surface area contributed by atoms with Gasteiger partial charge in [-0.1, -0.05) is 35.9 Å². The second kappa shape index (κ2) is 9.97. The van der Waals surface area contributed by atoms with Gasteiger partial charge in [0.2, 0.25) is 0 Å². The number of nitro benzene ring substituents is 1. The molecular formula is C24H19ClN4O4. The Bertz CT molecular complexity index is 1290. The molecule has 0 radical (unpaired) electrons. The van der Waals surface area contributed by atoms with Crippen LogP contribution in [0.5, 0.6) is 5.75 Å². The van der Waals surface area contributed by atoms with Crippen LogP contribution in [0.2, 0.25) is 5.02 Å². The summed E-state index contributed by atoms with van der Waals surface area (Å²) >= 11 is 6.02. The monoisotopic (exact) mass is 462 g/mol. The van der Waals surface area contributed by atoms with E-state index in [0.29, 0.717) is 28.6 Å². The van der Waals surface area contributed by atoms with Crippen LogP contribution >= 0.6 is 11.6 Å². The number of ether oxygens (including phenoxy) is 1. The minimum absolute atomic E-state index is 0.00286. The van der Waals surface area contributed by atoms with Crippen molar-refractivity contribution in [2.24, 2.45) is 0 Å². The number of rotatable bonds is 8. The maximum Gasteiger partial charge on any atom is 0.269 e. The number of hydrogen-bond donors (Lipinski definition) is 1. The molecular weight excluding hydrogens is 444 g/mol. The van der Waals surface area contributed by atoms with E-state index in [1.807, 2.05) is 30.3 Å². The van der Waals surface area contributed by atoms with E-state index in [1.165, 1.54) is 24.3 Å². The first-order chi connectivity index (χ1) is 16.0. The van der Waals surface area contributed by atoms with Crippen LogP contribution in [0.15, 0.2) is 85.2 Å². The third-order valence-electron chi connectivity index (χ3n) is 4.77. The quantitative estimate of drug-likeness (QED) is 0.282. The van der Waals surface area contributed by atoms with Crippen molar-refractivity contribution >= 4 is 28.9 Å². The van der Waals surface area contributed by atoms with Crippen LogP contribution in [0.3, 0.4) is 0 Å². The maximum absolute atomic E-state index is 12.7. The molecule has 4 aromatic rings. The predicted octanol–water partition coefficient (Wildman–Crippen LogP) is 5.32. The Morgan fingerprint density at radius 2 is 1.82 bits per heavy atom. The van der Waals surface area contributed by atoms with E-state index in [0.717, 1.165) is 11.1 Å². The van der Waals surface area contributed by atoms with Crippen molar-refractivity contribution in [1.82, 2.24) is 9.78 Å². The fraction of sp³-hybridized carbons (Fsp3) is 0.0833. The highest BCUT2D eigenvalue weighted by molar-refractivity contribution is 6.30. The topological polar surface area (TPSA) is 99.3 Å². The summed E-state index contributed by atoms with van der Waals surface area (Å²) in [6, 6.07) is 20.4. The molecule has 0 bridgehead atoms. The van der Waals surface area contributed by atoms with Gasteiger partial charge in [-0.05, 0) is 47.5 Å². The molecule has 0 unspecified atom stereocenters. The van der Waals surface area contributed by atoms with Crippen LogP contribution in [0, 0.1) is 10.1 Å². The zero-order valence-electron chi connectivity index (χ0n) is 17.3. The Morgan fingerprint density at radius 1 is 1.06 bits per heavy atom. The molecule has 0 fully saturated rings. The maximum atomic E-state index is 12.7. The zero-order valence-corrected chi connectivity index (χ0v) is 18.1. The molecule has 0 spiro atoms. The summed E-state index contributed by atoms with van der Waals surface area (Å²) in [5.41, 5.74) is 2.84. The van der Waals surface area contributed by atoms with Crippen LogP contribution in [0.25, 0.3) is 0 Å². The summed E-state index contributed by atoms with van der Waals surface area (Å²) in [6.07, 6.45) is 3.34. The lowest BCUT2D eigenvalue weighted by Gasteiger charge is -2.08. The first-order valence-corrected chi connectivity index (χ1v) is 10.4. The smallest absolute Gasteiger partial charge is 0.269 e. The fourth-order valence-electron chi connectivity index (χ4n) is 3.17. The van der Waals surface area contributed by atoms with E-state index >= 15 is 0 Å². The molecule has 0 saturated heterocycles. The number of nitro groups is 1. The SMILES string of the molecule is O=C(Nc1cnn(Cc2cccc(Cl)c2)c1)c1cccc(COc2ccc([N+](=O)[O-])cc2)c1. The zero-order chi connectivity index (χ0) is 23.2. The molecule has 1 N–H and O–H groups in total. The Balaban J connectivity index is 1.35. The Kier molecular flexibility index (Phi) is 6.66. The predicted molar refractivity (Wildman–Crippen MR) is 125 cm³/mol. The lowest BCUT2D eigenvalue weighted by molar-refractivity contribution is -0.384. The number of non-ortho nitro benzene ring substituents is 1. The van der Waals surface area contributed by atoms with E-state index in [1.54, 1.807) is 35.3 Å². The van der Waals surface area contributed by atoms with Gasteiger partial charge in [0.05, 0.1) is 23.4 Å². The van der Waals surface area contributed by atoms with Gasteiger partial charge < -0.3 is 10.1 Å². The summed E-state index contributed by atoms with van der Waals surface area (Å²) in [5, 5.41) is 18.5. The van der Waals surface area contributed by atoms with Crippen molar-refractivity contribution in [1.29, 1.82) is 0 Å². The number of amides is 1. The molecule has 1 aromatic heterocycles. The number of aromatic nitrogens is 2. The van der Waals surface area contributed by atoms with E-state index in [4.69, 9.17) is 16.3 Å². The van der Waals surface area contributed by atoms with Gasteiger partial charge in [-0.3, -0.25) is 19.6 Å². The van der Waals surface area contributed by atoms with Gasteiger partial charge in [-0.25, -0.2) is 0 Å². The van der Waals surface area contributed by atoms with Crippen molar-refractivity contribution in [3.05, 3.63) is 117 Å². The number of halogens is 1. The van der Waals surface area contributed by atoms with Gasteiger partial charge in [0.25, 0.3) is 11.6 Å². The number of carbonyl (C=O) groups is 1. The fourth-order valence-corrected chi connectivity index (χ4v) is 3.39. The molecule has 9 heteroatoms. The Hall–Kier alpha value is -4.17. The third kappa shape index (κ3) is 5.96. The number of carbonyl (C=O) groups excluding carboxylic acids is 1. The van der Waals surface area contributed by atoms with Crippen molar-refractivity contribution < 1.29 is 14.5 Å². The summed E-state index contributed by atoms with van der Waals surface area (Å²) in [5.74, 6) is 0.233. The first-order valence-electron chi connectivity index (χ1n) is 10.0. The summed E-state index contributed by atoms with van der Waals surface area (Å²) in [6.45, 7) is 0.752. The van der Waals surface area contributed by atoms with Crippen LogP contribution < -0.4 is 10.1 Å². The molecule has 1 heterocycles. The van der Waals surface area contributed by atoms with Crippen molar-refractivity contribution in [2.45, 2.75) is 13.2 Å². The summed E-state index contributed by atoms with van der Waals surface area (Å²) in [7, 11) is 0. The average molecular weight is 463 g/mol. The molecule has 0 aliphatic carbocycles. The van der Waals surface area contributed by atoms with Gasteiger partial charge in [0.15, 0.2) is 0 Å². The number of nitrogens with zero attached hydrogens (tertiary/aromatic N) is 3. The lowest BCUT2D eigenvalue weighted by atomic mass is 10.1. The summed E-state index contributed by atoms with van der Waals surface area (Å²) < 4.78 is 7.39. The third-order valence-corrected chi connectivity index (χ3v) is 5.00. The number of nitrogens with one attached hydrogen (secondary N) is 1. The van der Waals surface area contributed by atoms with Crippen LogP contribution in [0.4, 0.5) is 11.4 Å². The largest absolute Gasteiger partial charge is 0.489 e. The van der Waals surface area contributed by atoms with Crippen LogP contribution in [0.1, 0.15) is 21.5 Å².